The van der Waals surface area contributed by atoms with Crippen molar-refractivity contribution < 1.29 is 19.1 Å². The standard InChI is InChI=1S/C13H18N2O4/c1-13(12(17)18)4-5-15(9-13)8-11(16)14-7-10-3-2-6-19-10/h2-3,6H,4-5,7-9H2,1H3,(H,14,16)(H,17,18). The lowest BCUT2D eigenvalue weighted by Gasteiger charge is -2.19. The summed E-state index contributed by atoms with van der Waals surface area (Å²) in [7, 11) is 0. The summed E-state index contributed by atoms with van der Waals surface area (Å²) in [4.78, 5) is 24.7. The van der Waals surface area contributed by atoms with E-state index in [1.165, 1.54) is 0 Å². The summed E-state index contributed by atoms with van der Waals surface area (Å²) < 4.78 is 5.11. The van der Waals surface area contributed by atoms with Crippen LogP contribution in [0.25, 0.3) is 0 Å². The molecule has 1 unspecified atom stereocenters. The van der Waals surface area contributed by atoms with Crippen molar-refractivity contribution in [2.45, 2.75) is 19.9 Å². The van der Waals surface area contributed by atoms with Gasteiger partial charge in [-0.2, -0.15) is 0 Å². The first kappa shape index (κ1) is 13.6. The Balaban J connectivity index is 1.76. The van der Waals surface area contributed by atoms with Crippen molar-refractivity contribution in [1.29, 1.82) is 0 Å². The summed E-state index contributed by atoms with van der Waals surface area (Å²) in [6.07, 6.45) is 2.13. The molecule has 1 aliphatic rings. The summed E-state index contributed by atoms with van der Waals surface area (Å²) in [6.45, 7) is 3.35. The number of carboxylic acids is 1. The van der Waals surface area contributed by atoms with Crippen LogP contribution in [0.1, 0.15) is 19.1 Å². The van der Waals surface area contributed by atoms with Crippen molar-refractivity contribution in [3.63, 3.8) is 0 Å². The molecule has 1 amide bonds. The van der Waals surface area contributed by atoms with E-state index in [4.69, 9.17) is 9.52 Å². The highest BCUT2D eigenvalue weighted by atomic mass is 16.4. The zero-order valence-corrected chi connectivity index (χ0v) is 10.9. The van der Waals surface area contributed by atoms with E-state index in [1.807, 2.05) is 4.90 Å². The molecule has 2 heterocycles. The average molecular weight is 266 g/mol. The molecule has 1 fully saturated rings. The number of aliphatic carboxylic acids is 1. The molecular formula is C13H18N2O4. The Kier molecular flexibility index (Phi) is 3.90. The maximum atomic E-state index is 11.7. The Morgan fingerprint density at radius 2 is 2.37 bits per heavy atom. The third-order valence-electron chi connectivity index (χ3n) is 3.48. The molecule has 2 rings (SSSR count). The molecule has 0 bridgehead atoms. The Labute approximate surface area is 111 Å². The number of carboxylic acid groups (broad SMARTS) is 1. The van der Waals surface area contributed by atoms with E-state index < -0.39 is 11.4 Å². The third-order valence-corrected chi connectivity index (χ3v) is 3.48. The molecule has 2 N–H and O–H groups in total. The van der Waals surface area contributed by atoms with Gasteiger partial charge in [0.2, 0.25) is 5.91 Å². The van der Waals surface area contributed by atoms with Gasteiger partial charge in [0.1, 0.15) is 5.76 Å². The first-order valence-corrected chi connectivity index (χ1v) is 6.24. The number of carbonyl (C=O) groups excluding carboxylic acids is 1. The maximum Gasteiger partial charge on any atom is 0.310 e. The van der Waals surface area contributed by atoms with Crippen molar-refractivity contribution in [2.75, 3.05) is 19.6 Å². The van der Waals surface area contributed by atoms with Crippen LogP contribution in [0.5, 0.6) is 0 Å². The lowest BCUT2D eigenvalue weighted by molar-refractivity contribution is -0.147. The van der Waals surface area contributed by atoms with E-state index in [9.17, 15) is 9.59 Å². The molecule has 104 valence electrons. The Morgan fingerprint density at radius 3 is 2.95 bits per heavy atom. The van der Waals surface area contributed by atoms with Gasteiger partial charge in [0, 0.05) is 6.54 Å². The second-order valence-electron chi connectivity index (χ2n) is 5.18. The van der Waals surface area contributed by atoms with Crippen molar-refractivity contribution in [3.05, 3.63) is 24.2 Å². The van der Waals surface area contributed by atoms with Crippen LogP contribution in [0, 0.1) is 5.41 Å². The Hall–Kier alpha value is -1.82. The van der Waals surface area contributed by atoms with Crippen LogP contribution in [-0.2, 0) is 16.1 Å². The second kappa shape index (κ2) is 5.44. The van der Waals surface area contributed by atoms with Crippen LogP contribution < -0.4 is 5.32 Å². The quantitative estimate of drug-likeness (QED) is 0.819. The zero-order valence-electron chi connectivity index (χ0n) is 10.9. The predicted molar refractivity (Wildman–Crippen MR) is 67.4 cm³/mol. The van der Waals surface area contributed by atoms with Gasteiger partial charge in [0.25, 0.3) is 0 Å². The average Bonchev–Trinajstić information content (AvgIpc) is 2.97. The highest BCUT2D eigenvalue weighted by Gasteiger charge is 2.40. The molecule has 0 spiro atoms. The Morgan fingerprint density at radius 1 is 1.58 bits per heavy atom. The highest BCUT2D eigenvalue weighted by molar-refractivity contribution is 5.78. The topological polar surface area (TPSA) is 82.8 Å². The number of amides is 1. The molecule has 1 aliphatic heterocycles. The van der Waals surface area contributed by atoms with Crippen LogP contribution >= 0.6 is 0 Å². The molecule has 0 aliphatic carbocycles. The third kappa shape index (κ3) is 3.35. The van der Waals surface area contributed by atoms with Crippen LogP contribution in [0.2, 0.25) is 0 Å². The molecule has 19 heavy (non-hydrogen) atoms. The normalized spacial score (nSPS) is 23.4. The number of furan rings is 1. The van der Waals surface area contributed by atoms with E-state index in [-0.39, 0.29) is 12.5 Å². The van der Waals surface area contributed by atoms with Gasteiger partial charge in [0.15, 0.2) is 0 Å². The van der Waals surface area contributed by atoms with E-state index >= 15 is 0 Å². The fourth-order valence-corrected chi connectivity index (χ4v) is 2.22. The SMILES string of the molecule is CC1(C(=O)O)CCN(CC(=O)NCc2ccco2)C1. The molecule has 0 saturated carbocycles. The first-order chi connectivity index (χ1) is 8.99. The van der Waals surface area contributed by atoms with E-state index in [0.717, 1.165) is 0 Å². The smallest absolute Gasteiger partial charge is 0.310 e. The van der Waals surface area contributed by atoms with Gasteiger partial charge in [0.05, 0.1) is 24.8 Å². The molecule has 0 radical (unpaired) electrons. The fraction of sp³-hybridized carbons (Fsp3) is 0.538. The van der Waals surface area contributed by atoms with Crippen LogP contribution in [0.3, 0.4) is 0 Å². The number of hydrogen-bond acceptors (Lipinski definition) is 4. The lowest BCUT2D eigenvalue weighted by Crippen LogP contribution is -2.38. The summed E-state index contributed by atoms with van der Waals surface area (Å²) in [5.74, 6) is -0.220. The maximum absolute atomic E-state index is 11.7. The zero-order chi connectivity index (χ0) is 13.9. The molecule has 1 saturated heterocycles. The van der Waals surface area contributed by atoms with Crippen LogP contribution in [0.15, 0.2) is 22.8 Å². The molecule has 6 heteroatoms. The molecular weight excluding hydrogens is 248 g/mol. The summed E-state index contributed by atoms with van der Waals surface area (Å²) in [5.41, 5.74) is -0.735. The number of carbonyl (C=O) groups is 2. The Bertz CT molecular complexity index is 457. The van der Waals surface area contributed by atoms with Gasteiger partial charge in [-0.1, -0.05) is 0 Å². The number of nitrogens with one attached hydrogen (secondary N) is 1. The van der Waals surface area contributed by atoms with Gasteiger partial charge in [-0.15, -0.1) is 0 Å². The molecule has 1 atom stereocenters. The van der Waals surface area contributed by atoms with Gasteiger partial charge in [-0.3, -0.25) is 14.5 Å². The number of hydrogen-bond donors (Lipinski definition) is 2. The first-order valence-electron chi connectivity index (χ1n) is 6.24. The van der Waals surface area contributed by atoms with Crippen molar-refractivity contribution in [3.8, 4) is 0 Å². The van der Waals surface area contributed by atoms with Crippen molar-refractivity contribution >= 4 is 11.9 Å². The van der Waals surface area contributed by atoms with E-state index in [1.54, 1.807) is 25.3 Å². The van der Waals surface area contributed by atoms with Crippen LogP contribution in [-0.4, -0.2) is 41.5 Å². The monoisotopic (exact) mass is 266 g/mol. The van der Waals surface area contributed by atoms with Gasteiger partial charge >= 0.3 is 5.97 Å². The van der Waals surface area contributed by atoms with Crippen molar-refractivity contribution in [1.82, 2.24) is 10.2 Å². The minimum Gasteiger partial charge on any atom is -0.481 e. The summed E-state index contributed by atoms with van der Waals surface area (Å²) in [5, 5.41) is 11.9. The van der Waals surface area contributed by atoms with E-state index in [2.05, 4.69) is 5.32 Å². The highest BCUT2D eigenvalue weighted by Crippen LogP contribution is 2.29. The predicted octanol–water partition coefficient (Wildman–Crippen LogP) is 0.692. The summed E-state index contributed by atoms with van der Waals surface area (Å²) in [6, 6.07) is 3.55. The fourth-order valence-electron chi connectivity index (χ4n) is 2.22. The molecule has 0 aromatic carbocycles. The molecule has 6 nitrogen and oxygen atoms in total. The molecule has 1 aromatic heterocycles. The number of rotatable bonds is 5. The number of likely N-dealkylation sites (tertiary alicyclic amines) is 1. The van der Waals surface area contributed by atoms with Gasteiger partial charge < -0.3 is 14.8 Å². The van der Waals surface area contributed by atoms with Crippen LogP contribution in [0.4, 0.5) is 0 Å². The second-order valence-corrected chi connectivity index (χ2v) is 5.18. The lowest BCUT2D eigenvalue weighted by atomic mass is 9.90. The van der Waals surface area contributed by atoms with E-state index in [0.29, 0.717) is 31.8 Å². The minimum absolute atomic E-state index is 0.119. The van der Waals surface area contributed by atoms with Gasteiger partial charge in [-0.25, -0.2) is 0 Å². The van der Waals surface area contributed by atoms with Crippen molar-refractivity contribution in [2.24, 2.45) is 5.41 Å². The molecule has 1 aromatic rings. The van der Waals surface area contributed by atoms with Gasteiger partial charge in [-0.05, 0) is 32.0 Å². The minimum atomic E-state index is -0.800. The summed E-state index contributed by atoms with van der Waals surface area (Å²) >= 11 is 0. The largest absolute Gasteiger partial charge is 0.481 e. The number of nitrogens with zero attached hydrogens (tertiary/aromatic N) is 1.